The van der Waals surface area contributed by atoms with Crippen LogP contribution in [0.25, 0.3) is 0 Å². The Bertz CT molecular complexity index is 576. The van der Waals surface area contributed by atoms with Crippen LogP contribution in [-0.2, 0) is 13.2 Å². The largest absolute Gasteiger partial charge is 0.508 e. The minimum absolute atomic E-state index is 0.202. The predicted molar refractivity (Wildman–Crippen MR) is 78.3 cm³/mol. The summed E-state index contributed by atoms with van der Waals surface area (Å²) in [5, 5.41) is 9.98. The van der Waals surface area contributed by atoms with Gasteiger partial charge < -0.3 is 20.3 Å². The number of halogens is 1. The molecule has 0 atom stereocenters. The van der Waals surface area contributed by atoms with Gasteiger partial charge in [0.25, 0.3) is 0 Å². The van der Waals surface area contributed by atoms with Crippen LogP contribution in [0.2, 0.25) is 5.02 Å². The maximum atomic E-state index is 9.43. The van der Waals surface area contributed by atoms with Crippen LogP contribution in [0.15, 0.2) is 36.4 Å². The van der Waals surface area contributed by atoms with Crippen molar-refractivity contribution >= 4 is 11.6 Å². The van der Waals surface area contributed by atoms with E-state index in [2.05, 4.69) is 0 Å². The van der Waals surface area contributed by atoms with Crippen molar-refractivity contribution in [1.82, 2.24) is 0 Å². The van der Waals surface area contributed by atoms with Gasteiger partial charge in [-0.25, -0.2) is 0 Å². The lowest BCUT2D eigenvalue weighted by Gasteiger charge is -2.15. The Balaban J connectivity index is 2.24. The number of phenols is 1. The fourth-order valence-corrected chi connectivity index (χ4v) is 2.12. The Hall–Kier alpha value is -1.91. The average molecular weight is 294 g/mol. The second kappa shape index (κ2) is 6.50. The minimum atomic E-state index is 0.202. The van der Waals surface area contributed by atoms with Gasteiger partial charge in [0.1, 0.15) is 12.4 Å². The number of aromatic hydroxyl groups is 1. The Morgan fingerprint density at radius 2 is 2.05 bits per heavy atom. The topological polar surface area (TPSA) is 64.7 Å². The molecule has 3 N–H and O–H groups in total. The monoisotopic (exact) mass is 293 g/mol. The highest BCUT2D eigenvalue weighted by molar-refractivity contribution is 6.30. The molecule has 0 aliphatic heterocycles. The van der Waals surface area contributed by atoms with Crippen molar-refractivity contribution in [3.05, 3.63) is 52.5 Å². The van der Waals surface area contributed by atoms with Gasteiger partial charge >= 0.3 is 0 Å². The summed E-state index contributed by atoms with van der Waals surface area (Å²) in [5.41, 5.74) is 7.33. The summed E-state index contributed by atoms with van der Waals surface area (Å²) in [4.78, 5) is 0. The summed E-state index contributed by atoms with van der Waals surface area (Å²) < 4.78 is 11.0. The third kappa shape index (κ3) is 3.35. The first-order valence-corrected chi connectivity index (χ1v) is 6.49. The van der Waals surface area contributed by atoms with E-state index in [9.17, 15) is 5.11 Å². The predicted octanol–water partition coefficient (Wildman–Crippen LogP) is 3.09. The third-order valence-corrected chi connectivity index (χ3v) is 3.05. The minimum Gasteiger partial charge on any atom is -0.508 e. The number of hydrogen-bond acceptors (Lipinski definition) is 4. The van der Waals surface area contributed by atoms with E-state index in [1.54, 1.807) is 37.4 Å². The number of phenolic OH excluding ortho intramolecular Hbond substituents is 1. The lowest BCUT2D eigenvalue weighted by molar-refractivity contribution is 0.281. The zero-order valence-corrected chi connectivity index (χ0v) is 11.9. The highest BCUT2D eigenvalue weighted by Gasteiger charge is 2.12. The van der Waals surface area contributed by atoms with Crippen molar-refractivity contribution in [3.63, 3.8) is 0 Å². The molecular weight excluding hydrogens is 278 g/mol. The molecule has 0 unspecified atom stereocenters. The number of rotatable bonds is 5. The van der Waals surface area contributed by atoms with Crippen LogP contribution in [0.1, 0.15) is 11.1 Å². The lowest BCUT2D eigenvalue weighted by atomic mass is 10.2. The van der Waals surface area contributed by atoms with E-state index >= 15 is 0 Å². The molecule has 20 heavy (non-hydrogen) atoms. The van der Waals surface area contributed by atoms with Gasteiger partial charge in [-0.1, -0.05) is 23.7 Å². The van der Waals surface area contributed by atoms with Crippen molar-refractivity contribution in [1.29, 1.82) is 0 Å². The molecule has 0 saturated carbocycles. The number of hydrogen-bond donors (Lipinski definition) is 2. The molecule has 0 saturated heterocycles. The third-order valence-electron chi connectivity index (χ3n) is 2.83. The molecule has 0 radical (unpaired) electrons. The van der Waals surface area contributed by atoms with Crippen molar-refractivity contribution in [2.24, 2.45) is 5.73 Å². The van der Waals surface area contributed by atoms with E-state index < -0.39 is 0 Å². The zero-order valence-electron chi connectivity index (χ0n) is 11.1. The molecule has 5 heteroatoms. The molecule has 0 spiro atoms. The molecule has 2 aromatic rings. The summed E-state index contributed by atoms with van der Waals surface area (Å²) in [6, 6.07) is 10.3. The normalized spacial score (nSPS) is 10.3. The van der Waals surface area contributed by atoms with Gasteiger partial charge in [0.05, 0.1) is 7.11 Å². The molecule has 0 heterocycles. The Morgan fingerprint density at radius 1 is 1.25 bits per heavy atom. The molecule has 2 rings (SSSR count). The summed E-state index contributed by atoms with van der Waals surface area (Å²) in [6.45, 7) is 0.603. The first-order chi connectivity index (χ1) is 9.63. The van der Waals surface area contributed by atoms with Gasteiger partial charge in [-0.15, -0.1) is 0 Å². The standard InChI is InChI=1S/C15H16ClNO3/c1-19-14-7-12(16)6-11(8-17)15(14)20-9-10-3-2-4-13(18)5-10/h2-7,18H,8-9,17H2,1H3. The number of nitrogens with two attached hydrogens (primary N) is 1. The van der Waals surface area contributed by atoms with E-state index in [0.29, 0.717) is 29.7 Å². The van der Waals surface area contributed by atoms with Crippen molar-refractivity contribution in [2.45, 2.75) is 13.2 Å². The van der Waals surface area contributed by atoms with Crippen LogP contribution >= 0.6 is 11.6 Å². The van der Waals surface area contributed by atoms with Gasteiger partial charge in [-0.2, -0.15) is 0 Å². The van der Waals surface area contributed by atoms with Crippen molar-refractivity contribution in [3.8, 4) is 17.2 Å². The molecule has 106 valence electrons. The lowest BCUT2D eigenvalue weighted by Crippen LogP contribution is -2.04. The SMILES string of the molecule is COc1cc(Cl)cc(CN)c1OCc1cccc(O)c1. The highest BCUT2D eigenvalue weighted by atomic mass is 35.5. The van der Waals surface area contributed by atoms with Crippen LogP contribution < -0.4 is 15.2 Å². The molecule has 0 amide bonds. The number of methoxy groups -OCH3 is 1. The maximum Gasteiger partial charge on any atom is 0.166 e. The fraction of sp³-hybridized carbons (Fsp3) is 0.200. The van der Waals surface area contributed by atoms with Crippen LogP contribution in [0.3, 0.4) is 0 Å². The molecule has 0 fully saturated rings. The zero-order chi connectivity index (χ0) is 14.5. The van der Waals surface area contributed by atoms with Crippen LogP contribution in [-0.4, -0.2) is 12.2 Å². The summed E-state index contributed by atoms with van der Waals surface area (Å²) in [5.74, 6) is 1.31. The Morgan fingerprint density at radius 3 is 2.70 bits per heavy atom. The smallest absolute Gasteiger partial charge is 0.166 e. The van der Waals surface area contributed by atoms with Crippen molar-refractivity contribution in [2.75, 3.05) is 7.11 Å². The summed E-state index contributed by atoms with van der Waals surface area (Å²) in [6.07, 6.45) is 0. The first kappa shape index (κ1) is 14.5. The summed E-state index contributed by atoms with van der Waals surface area (Å²) >= 11 is 5.99. The van der Waals surface area contributed by atoms with Gasteiger partial charge in [0.15, 0.2) is 11.5 Å². The molecule has 2 aromatic carbocycles. The van der Waals surface area contributed by atoms with E-state index in [0.717, 1.165) is 11.1 Å². The fourth-order valence-electron chi connectivity index (χ4n) is 1.89. The number of ether oxygens (including phenoxy) is 2. The van der Waals surface area contributed by atoms with E-state index in [4.69, 9.17) is 26.8 Å². The molecule has 0 bridgehead atoms. The molecule has 4 nitrogen and oxygen atoms in total. The van der Waals surface area contributed by atoms with Crippen LogP contribution in [0, 0.1) is 0 Å². The van der Waals surface area contributed by atoms with E-state index in [-0.39, 0.29) is 5.75 Å². The van der Waals surface area contributed by atoms with Gasteiger partial charge in [0, 0.05) is 23.2 Å². The highest BCUT2D eigenvalue weighted by Crippen LogP contribution is 2.35. The van der Waals surface area contributed by atoms with Gasteiger partial charge in [-0.05, 0) is 23.8 Å². The van der Waals surface area contributed by atoms with Crippen LogP contribution in [0.5, 0.6) is 17.2 Å². The molecule has 0 aliphatic carbocycles. The number of benzene rings is 2. The van der Waals surface area contributed by atoms with Gasteiger partial charge in [-0.3, -0.25) is 0 Å². The van der Waals surface area contributed by atoms with Gasteiger partial charge in [0.2, 0.25) is 0 Å². The second-order valence-electron chi connectivity index (χ2n) is 4.26. The average Bonchev–Trinajstić information content (AvgIpc) is 2.45. The first-order valence-electron chi connectivity index (χ1n) is 6.11. The molecule has 0 aliphatic rings. The summed E-state index contributed by atoms with van der Waals surface area (Å²) in [7, 11) is 1.55. The van der Waals surface area contributed by atoms with E-state index in [1.807, 2.05) is 6.07 Å². The molecular formula is C15H16ClNO3. The van der Waals surface area contributed by atoms with E-state index in [1.165, 1.54) is 0 Å². The second-order valence-corrected chi connectivity index (χ2v) is 4.70. The van der Waals surface area contributed by atoms with Crippen LogP contribution in [0.4, 0.5) is 0 Å². The quantitative estimate of drug-likeness (QED) is 0.889. The maximum absolute atomic E-state index is 9.43. The van der Waals surface area contributed by atoms with Crippen molar-refractivity contribution < 1.29 is 14.6 Å². The Labute approximate surface area is 122 Å². The Kier molecular flexibility index (Phi) is 4.71. The molecule has 0 aromatic heterocycles.